The van der Waals surface area contributed by atoms with Crippen LogP contribution in [-0.2, 0) is 0 Å². The largest absolute Gasteiger partial charge is 0.508 e. The van der Waals surface area contributed by atoms with E-state index in [0.29, 0.717) is 21.5 Å². The molecule has 0 aromatic heterocycles. The lowest BCUT2D eigenvalue weighted by atomic mass is 10.1. The molecule has 4 aromatic rings. The second kappa shape index (κ2) is 7.88. The first kappa shape index (κ1) is 20.3. The van der Waals surface area contributed by atoms with Crippen molar-refractivity contribution >= 4 is 33.5 Å². The van der Waals surface area contributed by atoms with Crippen molar-refractivity contribution in [2.45, 2.75) is 0 Å². The van der Waals surface area contributed by atoms with Gasteiger partial charge in [-0.15, -0.1) is 0 Å². The maximum absolute atomic E-state index is 10.7. The van der Waals surface area contributed by atoms with Gasteiger partial charge in [-0.2, -0.15) is 0 Å². The summed E-state index contributed by atoms with van der Waals surface area (Å²) in [5.74, 6) is -2.86. The van der Waals surface area contributed by atoms with Crippen LogP contribution in [0.4, 0.5) is 0 Å². The van der Waals surface area contributed by atoms with Crippen LogP contribution in [0.25, 0.3) is 21.5 Å². The van der Waals surface area contributed by atoms with Crippen LogP contribution in [0.3, 0.4) is 0 Å². The van der Waals surface area contributed by atoms with Gasteiger partial charge in [-0.1, -0.05) is 18.2 Å². The van der Waals surface area contributed by atoms with Crippen LogP contribution in [0.5, 0.6) is 23.0 Å². The summed E-state index contributed by atoms with van der Waals surface area (Å²) in [6.07, 6.45) is 0. The Bertz CT molecular complexity index is 1290. The quantitative estimate of drug-likeness (QED) is 0.273. The van der Waals surface area contributed by atoms with Crippen LogP contribution in [0.1, 0.15) is 20.7 Å². The molecule has 0 radical (unpaired) electrons. The van der Waals surface area contributed by atoms with Crippen LogP contribution in [-0.4, -0.2) is 42.6 Å². The van der Waals surface area contributed by atoms with Crippen molar-refractivity contribution in [3.63, 3.8) is 0 Å². The van der Waals surface area contributed by atoms with E-state index in [9.17, 15) is 30.0 Å². The number of fused-ring (bicyclic) bond motifs is 2. The molecule has 8 nitrogen and oxygen atoms in total. The number of benzene rings is 4. The van der Waals surface area contributed by atoms with E-state index in [0.717, 1.165) is 0 Å². The fourth-order valence-corrected chi connectivity index (χ4v) is 2.88. The first-order valence-corrected chi connectivity index (χ1v) is 8.54. The maximum atomic E-state index is 10.7. The highest BCUT2D eigenvalue weighted by atomic mass is 16.4. The van der Waals surface area contributed by atoms with Gasteiger partial charge in [-0.25, -0.2) is 9.59 Å². The number of phenols is 4. The Morgan fingerprint density at radius 1 is 0.567 bits per heavy atom. The zero-order valence-electron chi connectivity index (χ0n) is 15.3. The van der Waals surface area contributed by atoms with Crippen molar-refractivity contribution in [3.05, 3.63) is 71.8 Å². The molecule has 4 aromatic carbocycles. The lowest BCUT2D eigenvalue weighted by Gasteiger charge is -2.03. The molecule has 0 aliphatic rings. The van der Waals surface area contributed by atoms with Gasteiger partial charge in [0.1, 0.15) is 11.5 Å². The van der Waals surface area contributed by atoms with Gasteiger partial charge in [0.25, 0.3) is 0 Å². The van der Waals surface area contributed by atoms with Crippen molar-refractivity contribution in [2.75, 3.05) is 0 Å². The van der Waals surface area contributed by atoms with Crippen molar-refractivity contribution in [1.29, 1.82) is 0 Å². The molecule has 6 N–H and O–H groups in total. The highest BCUT2D eigenvalue weighted by Crippen LogP contribution is 2.34. The Morgan fingerprint density at radius 3 is 1.70 bits per heavy atom. The Morgan fingerprint density at radius 2 is 1.10 bits per heavy atom. The van der Waals surface area contributed by atoms with Crippen LogP contribution in [0.2, 0.25) is 0 Å². The van der Waals surface area contributed by atoms with E-state index < -0.39 is 11.9 Å². The molecule has 30 heavy (non-hydrogen) atoms. The fraction of sp³-hybridized carbons (Fsp3) is 0. The number of carbonyl (C=O) groups is 2. The minimum absolute atomic E-state index is 0.0527. The summed E-state index contributed by atoms with van der Waals surface area (Å²) < 4.78 is 0. The molecule has 0 aliphatic heterocycles. The Labute approximate surface area is 169 Å². The summed E-state index contributed by atoms with van der Waals surface area (Å²) in [5.41, 5.74) is 0.173. The monoisotopic (exact) mass is 408 g/mol. The van der Waals surface area contributed by atoms with Crippen molar-refractivity contribution in [2.24, 2.45) is 0 Å². The highest BCUT2D eigenvalue weighted by Gasteiger charge is 2.09. The first-order chi connectivity index (χ1) is 14.2. The molecule has 0 amide bonds. The number of phenolic OH excluding ortho intramolecular Hbond substituents is 4. The molecular weight excluding hydrogens is 392 g/mol. The van der Waals surface area contributed by atoms with E-state index in [1.165, 1.54) is 48.5 Å². The van der Waals surface area contributed by atoms with Gasteiger partial charge in [0.2, 0.25) is 0 Å². The van der Waals surface area contributed by atoms with Crippen LogP contribution < -0.4 is 0 Å². The van der Waals surface area contributed by atoms with Crippen molar-refractivity contribution in [3.8, 4) is 23.0 Å². The van der Waals surface area contributed by atoms with E-state index in [1.807, 2.05) is 0 Å². The molecule has 0 aliphatic carbocycles. The molecule has 0 spiro atoms. The molecule has 152 valence electrons. The predicted octanol–water partition coefficient (Wildman–Crippen LogP) is 3.90. The normalized spacial score (nSPS) is 10.4. The molecule has 0 fully saturated rings. The predicted molar refractivity (Wildman–Crippen MR) is 108 cm³/mol. The minimum atomic E-state index is -1.07. The summed E-state index contributed by atoms with van der Waals surface area (Å²) in [5, 5.41) is 57.0. The molecule has 0 bridgehead atoms. The zero-order chi connectivity index (χ0) is 22.0. The number of rotatable bonds is 2. The van der Waals surface area contributed by atoms with Gasteiger partial charge < -0.3 is 30.6 Å². The van der Waals surface area contributed by atoms with E-state index in [2.05, 4.69) is 0 Å². The van der Waals surface area contributed by atoms with Crippen LogP contribution in [0, 0.1) is 0 Å². The summed E-state index contributed by atoms with van der Waals surface area (Å²) >= 11 is 0. The summed E-state index contributed by atoms with van der Waals surface area (Å²) in [6.45, 7) is 0. The Kier molecular flexibility index (Phi) is 5.33. The van der Waals surface area contributed by atoms with E-state index in [4.69, 9.17) is 10.2 Å². The third-order valence-electron chi connectivity index (χ3n) is 4.38. The fourth-order valence-electron chi connectivity index (χ4n) is 2.88. The molecule has 0 saturated carbocycles. The third-order valence-corrected chi connectivity index (χ3v) is 4.38. The Balaban J connectivity index is 0.000000171. The second-order valence-corrected chi connectivity index (χ2v) is 6.38. The molecule has 0 atom stereocenters. The minimum Gasteiger partial charge on any atom is -0.508 e. The van der Waals surface area contributed by atoms with E-state index >= 15 is 0 Å². The highest BCUT2D eigenvalue weighted by molar-refractivity contribution is 5.98. The molecule has 0 heterocycles. The number of aromatic carboxylic acids is 2. The average Bonchev–Trinajstić information content (AvgIpc) is 2.70. The average molecular weight is 408 g/mol. The molecular formula is C22H16O8. The van der Waals surface area contributed by atoms with Crippen LogP contribution >= 0.6 is 0 Å². The van der Waals surface area contributed by atoms with Gasteiger partial charge in [-0.05, 0) is 47.2 Å². The molecule has 8 heteroatoms. The number of aromatic hydroxyl groups is 4. The van der Waals surface area contributed by atoms with Crippen molar-refractivity contribution in [1.82, 2.24) is 0 Å². The smallest absolute Gasteiger partial charge is 0.335 e. The van der Waals surface area contributed by atoms with Gasteiger partial charge in [0, 0.05) is 16.8 Å². The SMILES string of the molecule is O=C(O)c1ccc2cc(O)cc(O)c2c1.O=C(O)c1ccc2ccc(O)c(O)c2c1. The maximum Gasteiger partial charge on any atom is 0.335 e. The zero-order valence-corrected chi connectivity index (χ0v) is 15.3. The molecule has 0 unspecified atom stereocenters. The number of carboxylic acid groups (broad SMARTS) is 2. The summed E-state index contributed by atoms with van der Waals surface area (Å²) in [4.78, 5) is 21.4. The number of hydrogen-bond donors (Lipinski definition) is 6. The van der Waals surface area contributed by atoms with Gasteiger partial charge in [-0.3, -0.25) is 0 Å². The molecule has 4 rings (SSSR count). The van der Waals surface area contributed by atoms with E-state index in [1.54, 1.807) is 12.1 Å². The topological polar surface area (TPSA) is 156 Å². The summed E-state index contributed by atoms with van der Waals surface area (Å²) in [6, 6.07) is 14.3. The van der Waals surface area contributed by atoms with Gasteiger partial charge in [0.05, 0.1) is 11.1 Å². The summed E-state index contributed by atoms with van der Waals surface area (Å²) in [7, 11) is 0. The second-order valence-electron chi connectivity index (χ2n) is 6.38. The standard InChI is InChI=1S/2C11H8O4/c12-8-3-6-1-2-7(11(14)15)4-9(6)10(13)5-8;12-9-4-3-6-1-2-7(11(14)15)5-8(6)10(9)13/h2*1-5,12-13H,(H,14,15). The lowest BCUT2D eigenvalue weighted by Crippen LogP contribution is -1.95. The lowest BCUT2D eigenvalue weighted by molar-refractivity contribution is 0.0686. The number of carboxylic acids is 2. The van der Waals surface area contributed by atoms with Crippen molar-refractivity contribution < 1.29 is 40.2 Å². The number of hydrogen-bond acceptors (Lipinski definition) is 6. The van der Waals surface area contributed by atoms with Gasteiger partial charge >= 0.3 is 11.9 Å². The third kappa shape index (κ3) is 4.02. The van der Waals surface area contributed by atoms with Crippen LogP contribution in [0.15, 0.2) is 60.7 Å². The van der Waals surface area contributed by atoms with E-state index in [-0.39, 0.29) is 34.1 Å². The van der Waals surface area contributed by atoms with Gasteiger partial charge in [0.15, 0.2) is 11.5 Å². The molecule has 0 saturated heterocycles. The first-order valence-electron chi connectivity index (χ1n) is 8.54. The Hall–Kier alpha value is -4.46.